The van der Waals surface area contributed by atoms with Gasteiger partial charge in [-0.25, -0.2) is 13.6 Å². The molecule has 312 valence electrons. The molecule has 0 saturated carbocycles. The number of nitrogens with two attached hydrogens (primary N) is 2. The first-order chi connectivity index (χ1) is 25.7. The molecule has 2 aliphatic heterocycles. The molecule has 2 heterocycles. The van der Waals surface area contributed by atoms with Crippen molar-refractivity contribution >= 4 is 23.7 Å². The number of guanidine groups is 1. The lowest BCUT2D eigenvalue weighted by Crippen LogP contribution is -2.63. The number of aliphatic hydroxyl groups is 2. The van der Waals surface area contributed by atoms with E-state index in [0.29, 0.717) is 25.7 Å². The van der Waals surface area contributed by atoms with Crippen LogP contribution in [0.15, 0.2) is 53.6 Å². The number of nitrogens with one attached hydrogen (secondary N) is 2. The normalized spacial score (nSPS) is 27.4. The Balaban J connectivity index is 1.90. The van der Waals surface area contributed by atoms with Gasteiger partial charge in [0, 0.05) is 52.0 Å². The van der Waals surface area contributed by atoms with E-state index in [1.165, 1.54) is 40.2 Å². The van der Waals surface area contributed by atoms with E-state index in [2.05, 4.69) is 22.2 Å². The number of aliphatic hydroxyl groups excluding tert-OH is 2. The smallest absolute Gasteiger partial charge is 0.326 e. The maximum atomic E-state index is 15.6. The molecule has 9 atom stereocenters. The molecule has 55 heavy (non-hydrogen) atoms. The van der Waals surface area contributed by atoms with Crippen molar-refractivity contribution in [3.05, 3.63) is 48.6 Å². The maximum Gasteiger partial charge on any atom is 0.326 e. The van der Waals surface area contributed by atoms with Crippen molar-refractivity contribution in [3.8, 4) is 0 Å². The van der Waals surface area contributed by atoms with Crippen LogP contribution in [0.5, 0.6) is 0 Å². The van der Waals surface area contributed by atoms with Crippen molar-refractivity contribution in [2.45, 2.75) is 134 Å². The molecule has 2 saturated heterocycles. The zero-order chi connectivity index (χ0) is 41.6. The van der Waals surface area contributed by atoms with Gasteiger partial charge in [-0.05, 0) is 39.0 Å². The molecule has 2 fully saturated rings. The Morgan fingerprint density at radius 3 is 2.35 bits per heavy atom. The number of alkyl halides is 2. The molecular weight excluding hydrogens is 724 g/mol. The van der Waals surface area contributed by atoms with E-state index in [9.17, 15) is 29.7 Å². The number of ether oxygens (including phenoxy) is 4. The van der Waals surface area contributed by atoms with Crippen LogP contribution in [-0.2, 0) is 33.3 Å². The van der Waals surface area contributed by atoms with Gasteiger partial charge < -0.3 is 56.4 Å². The summed E-state index contributed by atoms with van der Waals surface area (Å²) in [6, 6.07) is -1.09. The minimum atomic E-state index is -3.26. The molecule has 0 bridgehead atoms. The minimum Gasteiger partial charge on any atom is -0.480 e. The van der Waals surface area contributed by atoms with E-state index in [0.717, 1.165) is 5.57 Å². The van der Waals surface area contributed by atoms with Crippen LogP contribution >= 0.6 is 0 Å². The van der Waals surface area contributed by atoms with Gasteiger partial charge in [-0.2, -0.15) is 0 Å². The summed E-state index contributed by atoms with van der Waals surface area (Å²) in [6.45, 7) is 10.7. The number of carboxylic acid groups (broad SMARTS) is 1. The molecule has 0 aromatic heterocycles. The van der Waals surface area contributed by atoms with Gasteiger partial charge in [0.2, 0.25) is 11.7 Å². The third-order valence-corrected chi connectivity index (χ3v) is 10.3. The molecular formula is C38H61F2N5O10. The van der Waals surface area contributed by atoms with Crippen LogP contribution < -0.4 is 22.1 Å². The Hall–Kier alpha value is -3.74. The second kappa shape index (κ2) is 21.5. The average molecular weight is 786 g/mol. The highest BCUT2D eigenvalue weighted by Crippen LogP contribution is 2.50. The Morgan fingerprint density at radius 2 is 1.75 bits per heavy atom. The number of rotatable bonds is 21. The molecule has 17 heteroatoms. The van der Waals surface area contributed by atoms with E-state index in [1.54, 1.807) is 25.2 Å². The first kappa shape index (κ1) is 47.4. The predicted octanol–water partition coefficient (Wildman–Crippen LogP) is 2.81. The first-order valence-corrected chi connectivity index (χ1v) is 18.4. The minimum absolute atomic E-state index is 0.0426. The van der Waals surface area contributed by atoms with Gasteiger partial charge in [0.1, 0.15) is 12.1 Å². The highest BCUT2D eigenvalue weighted by atomic mass is 19.3. The van der Waals surface area contributed by atoms with E-state index in [1.807, 2.05) is 13.0 Å². The van der Waals surface area contributed by atoms with E-state index in [4.69, 9.17) is 30.4 Å². The van der Waals surface area contributed by atoms with Crippen molar-refractivity contribution in [1.29, 1.82) is 0 Å². The molecule has 0 aromatic carbocycles. The highest BCUT2D eigenvalue weighted by molar-refractivity contribution is 5.91. The van der Waals surface area contributed by atoms with Gasteiger partial charge in [-0.3, -0.25) is 14.6 Å². The van der Waals surface area contributed by atoms with Gasteiger partial charge in [0.15, 0.2) is 18.3 Å². The number of hydrogen-bond acceptors (Lipinski definition) is 10. The highest BCUT2D eigenvalue weighted by Gasteiger charge is 2.59. The molecule has 2 amide bonds. The number of carbonyl (C=O) groups is 3. The van der Waals surface area contributed by atoms with Crippen molar-refractivity contribution in [2.24, 2.45) is 27.8 Å². The Labute approximate surface area is 322 Å². The second-order valence-corrected chi connectivity index (χ2v) is 14.7. The molecule has 0 spiro atoms. The van der Waals surface area contributed by atoms with Crippen LogP contribution in [0.3, 0.4) is 0 Å². The summed E-state index contributed by atoms with van der Waals surface area (Å²) in [5.74, 6) is -7.84. The molecule has 15 nitrogen and oxygen atoms in total. The van der Waals surface area contributed by atoms with E-state index >= 15 is 8.78 Å². The van der Waals surface area contributed by atoms with E-state index in [-0.39, 0.29) is 37.7 Å². The SMILES string of the molecule is C=C1C[C@](OC)([C@H](O)C(=O)N[C@@H](OC)[C@@H]2CC(F)(F)C(C)(C)[C@@H](C[C@H](O)CCC/C=C/C=C/C=C/C(=O)N[C@@H](CCCN=C(N)N)C(=O)O)O2)O[C@H](C)[C@@H]1C. The summed E-state index contributed by atoms with van der Waals surface area (Å²) in [5, 5.41) is 36.1. The van der Waals surface area contributed by atoms with Gasteiger partial charge in [-0.1, -0.05) is 63.3 Å². The number of aliphatic carboxylic acids is 1. The standard InChI is InChI=1S/C38H61F2N5O10/c1-23-21-37(53-7,55-25(3)24(23)2)31(48)32(49)45-33(52-6)28-22-38(39,40)36(4,5)29(54-28)20-26(46)16-13-11-9-8-10-12-14-18-30(47)44-27(34(50)51)17-15-19-43-35(41)42/h8-10,12,14,18,24-29,31,33,46,48H,1,11,13,15-17,19-22H2,2-7H3,(H,44,47)(H,45,49)(H,50,51)(H4,41,42,43)/b9-8+,12-10+,18-14+/t24-,25-,26-,27+,28+,29-,31-,33+,37-/m1/s1. The van der Waals surface area contributed by atoms with Crippen molar-refractivity contribution in [2.75, 3.05) is 20.8 Å². The van der Waals surface area contributed by atoms with Gasteiger partial charge in [0.05, 0.1) is 23.7 Å². The molecule has 0 aromatic rings. The fourth-order valence-electron chi connectivity index (χ4n) is 6.36. The topological polar surface area (TPSA) is 237 Å². The first-order valence-electron chi connectivity index (χ1n) is 18.4. The summed E-state index contributed by atoms with van der Waals surface area (Å²) in [6.07, 6.45) is 3.58. The number of carboxylic acids is 1. The number of nitrogens with zero attached hydrogens (tertiary/aromatic N) is 1. The van der Waals surface area contributed by atoms with Gasteiger partial charge in [0.25, 0.3) is 11.8 Å². The quantitative estimate of drug-likeness (QED) is 0.0169. The number of aliphatic imine (C=N–C) groups is 1. The summed E-state index contributed by atoms with van der Waals surface area (Å²) in [4.78, 5) is 40.6. The van der Waals surface area contributed by atoms with Crippen LogP contribution in [0.25, 0.3) is 0 Å². The monoisotopic (exact) mass is 785 g/mol. The van der Waals surface area contributed by atoms with Crippen LogP contribution in [0, 0.1) is 11.3 Å². The van der Waals surface area contributed by atoms with Gasteiger partial charge in [-0.15, -0.1) is 0 Å². The maximum absolute atomic E-state index is 15.6. The third-order valence-electron chi connectivity index (χ3n) is 10.3. The van der Waals surface area contributed by atoms with Crippen molar-refractivity contribution in [1.82, 2.24) is 10.6 Å². The summed E-state index contributed by atoms with van der Waals surface area (Å²) in [5.41, 5.74) is 9.55. The molecule has 2 rings (SSSR count). The number of carbonyl (C=O) groups excluding carboxylic acids is 2. The molecule has 0 radical (unpaired) electrons. The molecule has 2 aliphatic rings. The lowest BCUT2D eigenvalue weighted by Gasteiger charge is -2.49. The largest absolute Gasteiger partial charge is 0.480 e. The predicted molar refractivity (Wildman–Crippen MR) is 202 cm³/mol. The van der Waals surface area contributed by atoms with Crippen molar-refractivity contribution < 1.29 is 57.4 Å². The number of halogens is 2. The average Bonchev–Trinajstić information content (AvgIpc) is 3.11. The zero-order valence-corrected chi connectivity index (χ0v) is 32.7. The summed E-state index contributed by atoms with van der Waals surface area (Å²) < 4.78 is 54.2. The number of unbranched alkanes of at least 4 members (excludes halogenated alkanes) is 1. The number of allylic oxidation sites excluding steroid dienone is 5. The van der Waals surface area contributed by atoms with Crippen LogP contribution in [-0.4, -0.2) is 114 Å². The molecule has 0 aliphatic carbocycles. The Kier molecular flexibility index (Phi) is 18.6. The number of hydrogen-bond donors (Lipinski definition) is 7. The van der Waals surface area contributed by atoms with E-state index < -0.39 is 84.1 Å². The Bertz CT molecular complexity index is 1420. The summed E-state index contributed by atoms with van der Waals surface area (Å²) in [7, 11) is 2.52. The fourth-order valence-corrected chi connectivity index (χ4v) is 6.36. The zero-order valence-electron chi connectivity index (χ0n) is 32.7. The third kappa shape index (κ3) is 13.8. The lowest BCUT2D eigenvalue weighted by atomic mass is 9.73. The van der Waals surface area contributed by atoms with Crippen LogP contribution in [0.4, 0.5) is 8.78 Å². The molecule has 0 unspecified atom stereocenters. The second-order valence-electron chi connectivity index (χ2n) is 14.7. The number of methoxy groups -OCH3 is 2. The Morgan fingerprint density at radius 1 is 1.07 bits per heavy atom. The fraction of sp³-hybridized carbons (Fsp3) is 0.684. The number of amides is 2. The van der Waals surface area contributed by atoms with Crippen LogP contribution in [0.2, 0.25) is 0 Å². The van der Waals surface area contributed by atoms with Crippen LogP contribution in [0.1, 0.15) is 79.1 Å². The summed E-state index contributed by atoms with van der Waals surface area (Å²) >= 11 is 0. The van der Waals surface area contributed by atoms with Crippen molar-refractivity contribution in [3.63, 3.8) is 0 Å². The molecule has 9 N–H and O–H groups in total. The lowest BCUT2D eigenvalue weighted by molar-refractivity contribution is -0.299. The van der Waals surface area contributed by atoms with Gasteiger partial charge >= 0.3 is 5.97 Å².